The lowest BCUT2D eigenvalue weighted by Gasteiger charge is -2.32. The fourth-order valence-corrected chi connectivity index (χ4v) is 6.03. The molecule has 7 nitrogen and oxygen atoms in total. The summed E-state index contributed by atoms with van der Waals surface area (Å²) in [5.74, 6) is -0.537. The highest BCUT2D eigenvalue weighted by Crippen LogP contribution is 2.28. The largest absolute Gasteiger partial charge is 0.354 e. The summed E-state index contributed by atoms with van der Waals surface area (Å²) in [6.45, 7) is 9.49. The molecule has 0 spiro atoms. The average Bonchev–Trinajstić information content (AvgIpc) is 2.90. The molecule has 1 N–H and O–H groups in total. The van der Waals surface area contributed by atoms with Gasteiger partial charge in [-0.3, -0.25) is 13.9 Å². The zero-order valence-electron chi connectivity index (χ0n) is 23.0. The Hall–Kier alpha value is -3.17. The zero-order valence-corrected chi connectivity index (χ0v) is 25.4. The van der Waals surface area contributed by atoms with Crippen molar-refractivity contribution in [3.8, 4) is 0 Å². The maximum absolute atomic E-state index is 14.0. The molecule has 0 aliphatic heterocycles. The van der Waals surface area contributed by atoms with Gasteiger partial charge in [-0.15, -0.1) is 0 Å². The summed E-state index contributed by atoms with van der Waals surface area (Å²) in [6.07, 6.45) is 0. The second-order valence-corrected chi connectivity index (χ2v) is 12.9. The fourth-order valence-electron chi connectivity index (χ4n) is 4.09. The molecule has 0 aromatic heterocycles. The van der Waals surface area contributed by atoms with Crippen molar-refractivity contribution in [2.24, 2.45) is 5.92 Å². The van der Waals surface area contributed by atoms with Crippen LogP contribution in [0.3, 0.4) is 0 Å². The third-order valence-electron chi connectivity index (χ3n) is 6.34. The Bertz CT molecular complexity index is 1410. The van der Waals surface area contributed by atoms with Gasteiger partial charge in [0.15, 0.2) is 0 Å². The van der Waals surface area contributed by atoms with Crippen LogP contribution in [0.15, 0.2) is 82.2 Å². The van der Waals surface area contributed by atoms with E-state index in [2.05, 4.69) is 21.2 Å². The number of nitrogens with zero attached hydrogens (tertiary/aromatic N) is 2. The Morgan fingerprint density at radius 1 is 0.923 bits per heavy atom. The van der Waals surface area contributed by atoms with Gasteiger partial charge >= 0.3 is 0 Å². The average molecular weight is 615 g/mol. The number of amides is 2. The predicted molar refractivity (Wildman–Crippen MR) is 159 cm³/mol. The minimum absolute atomic E-state index is 0.0833. The molecule has 3 rings (SSSR count). The Kier molecular flexibility index (Phi) is 10.3. The van der Waals surface area contributed by atoms with E-state index in [1.807, 2.05) is 64.1 Å². The van der Waals surface area contributed by atoms with Crippen LogP contribution in [0, 0.1) is 19.8 Å². The Morgan fingerprint density at radius 2 is 1.62 bits per heavy atom. The monoisotopic (exact) mass is 613 g/mol. The molecule has 3 aromatic rings. The van der Waals surface area contributed by atoms with Crippen LogP contribution in [0.5, 0.6) is 0 Å². The maximum atomic E-state index is 14.0. The van der Waals surface area contributed by atoms with E-state index in [1.54, 1.807) is 31.2 Å². The first-order valence-electron chi connectivity index (χ1n) is 12.9. The standard InChI is InChI=1S/C30H36BrN3O4S/c1-21(2)18-32-30(36)24(5)33(19-25-10-9-11-26(31)17-25)29(35)20-34(28-16-22(3)14-15-23(28)4)39(37,38)27-12-7-6-8-13-27/h6-17,21,24H,18-20H2,1-5H3,(H,32,36). The number of hydrogen-bond acceptors (Lipinski definition) is 4. The SMILES string of the molecule is Cc1ccc(C)c(N(CC(=O)N(Cc2cccc(Br)c2)C(C)C(=O)NCC(C)C)S(=O)(=O)c2ccccc2)c1. The van der Waals surface area contributed by atoms with E-state index in [9.17, 15) is 18.0 Å². The summed E-state index contributed by atoms with van der Waals surface area (Å²) in [5.41, 5.74) is 2.81. The minimum atomic E-state index is -4.09. The lowest BCUT2D eigenvalue weighted by Crippen LogP contribution is -2.51. The first-order chi connectivity index (χ1) is 18.4. The molecule has 2 amide bonds. The van der Waals surface area contributed by atoms with Gasteiger partial charge in [0.05, 0.1) is 10.6 Å². The second-order valence-electron chi connectivity index (χ2n) is 10.1. The van der Waals surface area contributed by atoms with E-state index in [0.29, 0.717) is 17.8 Å². The van der Waals surface area contributed by atoms with Crippen molar-refractivity contribution in [1.29, 1.82) is 0 Å². The van der Waals surface area contributed by atoms with Crippen LogP contribution in [0.1, 0.15) is 37.5 Å². The molecule has 0 heterocycles. The quantitative estimate of drug-likeness (QED) is 0.311. The molecule has 0 fully saturated rings. The summed E-state index contributed by atoms with van der Waals surface area (Å²) in [6, 6.07) is 20.2. The molecule has 0 aliphatic carbocycles. The van der Waals surface area contributed by atoms with Gasteiger partial charge in [-0.25, -0.2) is 8.42 Å². The highest BCUT2D eigenvalue weighted by Gasteiger charge is 2.33. The third kappa shape index (κ3) is 7.92. The van der Waals surface area contributed by atoms with Gasteiger partial charge in [-0.05, 0) is 73.7 Å². The van der Waals surface area contributed by atoms with Crippen LogP contribution in [0.4, 0.5) is 5.69 Å². The smallest absolute Gasteiger partial charge is 0.264 e. The number of nitrogens with one attached hydrogen (secondary N) is 1. The van der Waals surface area contributed by atoms with Crippen LogP contribution < -0.4 is 9.62 Å². The van der Waals surface area contributed by atoms with E-state index in [4.69, 9.17) is 0 Å². The lowest BCUT2D eigenvalue weighted by molar-refractivity contribution is -0.139. The number of carbonyl (C=O) groups is 2. The van der Waals surface area contributed by atoms with Gasteiger partial charge in [0.1, 0.15) is 12.6 Å². The molecule has 1 atom stereocenters. The molecule has 3 aromatic carbocycles. The van der Waals surface area contributed by atoms with Gasteiger partial charge in [0.25, 0.3) is 10.0 Å². The summed E-state index contributed by atoms with van der Waals surface area (Å²) in [4.78, 5) is 28.6. The van der Waals surface area contributed by atoms with Gasteiger partial charge in [-0.1, -0.05) is 72.2 Å². The van der Waals surface area contributed by atoms with Crippen molar-refractivity contribution in [2.75, 3.05) is 17.4 Å². The maximum Gasteiger partial charge on any atom is 0.264 e. The molecule has 208 valence electrons. The minimum Gasteiger partial charge on any atom is -0.354 e. The summed E-state index contributed by atoms with van der Waals surface area (Å²) in [7, 11) is -4.09. The molecule has 0 saturated carbocycles. The molecule has 1 unspecified atom stereocenters. The summed E-state index contributed by atoms with van der Waals surface area (Å²) < 4.78 is 29.8. The van der Waals surface area contributed by atoms with Crippen molar-refractivity contribution in [3.63, 3.8) is 0 Å². The normalized spacial score (nSPS) is 12.2. The lowest BCUT2D eigenvalue weighted by atomic mass is 10.1. The number of hydrogen-bond donors (Lipinski definition) is 1. The van der Waals surface area contributed by atoms with Gasteiger partial charge in [0, 0.05) is 17.6 Å². The molecule has 0 radical (unpaired) electrons. The van der Waals surface area contributed by atoms with Crippen molar-refractivity contribution >= 4 is 43.5 Å². The number of aryl methyl sites for hydroxylation is 2. The van der Waals surface area contributed by atoms with Crippen LogP contribution in [-0.2, 0) is 26.2 Å². The number of benzene rings is 3. The van der Waals surface area contributed by atoms with Gasteiger partial charge in [0.2, 0.25) is 11.8 Å². The van der Waals surface area contributed by atoms with Crippen LogP contribution in [0.2, 0.25) is 0 Å². The van der Waals surface area contributed by atoms with E-state index >= 15 is 0 Å². The zero-order chi connectivity index (χ0) is 28.7. The first kappa shape index (κ1) is 30.4. The molecule has 0 saturated heterocycles. The first-order valence-corrected chi connectivity index (χ1v) is 15.1. The molecule has 9 heteroatoms. The number of rotatable bonds is 11. The number of sulfonamides is 1. The highest BCUT2D eigenvalue weighted by atomic mass is 79.9. The highest BCUT2D eigenvalue weighted by molar-refractivity contribution is 9.10. The molecular weight excluding hydrogens is 578 g/mol. The topological polar surface area (TPSA) is 86.8 Å². The second kappa shape index (κ2) is 13.3. The fraction of sp³-hybridized carbons (Fsp3) is 0.333. The van der Waals surface area contributed by atoms with Gasteiger partial charge < -0.3 is 10.2 Å². The van der Waals surface area contributed by atoms with E-state index < -0.39 is 28.5 Å². The Labute approximate surface area is 240 Å². The van der Waals surface area contributed by atoms with E-state index in [0.717, 1.165) is 19.9 Å². The third-order valence-corrected chi connectivity index (χ3v) is 8.60. The Balaban J connectivity index is 2.04. The number of anilines is 1. The molecule has 0 bridgehead atoms. The number of carbonyl (C=O) groups excluding carboxylic acids is 2. The molecule has 0 aliphatic rings. The predicted octanol–water partition coefficient (Wildman–Crippen LogP) is 5.45. The molecular formula is C30H36BrN3O4S. The van der Waals surface area contributed by atoms with E-state index in [-0.39, 0.29) is 23.3 Å². The number of halogens is 1. The van der Waals surface area contributed by atoms with Gasteiger partial charge in [-0.2, -0.15) is 0 Å². The summed E-state index contributed by atoms with van der Waals surface area (Å²) >= 11 is 3.46. The molecule has 39 heavy (non-hydrogen) atoms. The summed E-state index contributed by atoms with van der Waals surface area (Å²) in [5, 5.41) is 2.90. The van der Waals surface area contributed by atoms with Crippen molar-refractivity contribution in [3.05, 3.63) is 94.0 Å². The van der Waals surface area contributed by atoms with Crippen molar-refractivity contribution in [2.45, 2.75) is 52.1 Å². The van der Waals surface area contributed by atoms with E-state index in [1.165, 1.54) is 17.0 Å². The van der Waals surface area contributed by atoms with Crippen molar-refractivity contribution < 1.29 is 18.0 Å². The van der Waals surface area contributed by atoms with Crippen molar-refractivity contribution in [1.82, 2.24) is 10.2 Å². The van der Waals surface area contributed by atoms with Crippen LogP contribution in [0.25, 0.3) is 0 Å². The Morgan fingerprint density at radius 3 is 2.26 bits per heavy atom. The van der Waals surface area contributed by atoms with Crippen LogP contribution >= 0.6 is 15.9 Å². The van der Waals surface area contributed by atoms with Crippen LogP contribution in [-0.4, -0.2) is 44.3 Å².